The lowest BCUT2D eigenvalue weighted by Gasteiger charge is -2.21. The van der Waals surface area contributed by atoms with E-state index in [1.807, 2.05) is 11.8 Å². The minimum absolute atomic E-state index is 0.235. The van der Waals surface area contributed by atoms with Crippen molar-refractivity contribution in [3.63, 3.8) is 0 Å². The largest absolute Gasteiger partial charge is 0.324 e. The van der Waals surface area contributed by atoms with Crippen molar-refractivity contribution in [2.45, 2.75) is 17.4 Å². The van der Waals surface area contributed by atoms with Crippen LogP contribution in [0.25, 0.3) is 0 Å². The van der Waals surface area contributed by atoms with Gasteiger partial charge in [0, 0.05) is 15.4 Å². The van der Waals surface area contributed by atoms with Crippen molar-refractivity contribution in [3.05, 3.63) is 28.2 Å². The van der Waals surface area contributed by atoms with Crippen LogP contribution in [-0.4, -0.2) is 5.75 Å². The van der Waals surface area contributed by atoms with Crippen molar-refractivity contribution in [1.82, 2.24) is 0 Å². The summed E-state index contributed by atoms with van der Waals surface area (Å²) in [6.07, 6.45) is 1.09. The zero-order chi connectivity index (χ0) is 8.55. The standard InChI is InChI=1S/C9H10BrNS/c10-6-1-2-9-7(5-6)8(11)3-4-12-9/h1-2,5,8H,3-4,11H2. The quantitative estimate of drug-likeness (QED) is 0.759. The molecule has 1 aromatic carbocycles. The normalized spacial score (nSPS) is 22.0. The first-order chi connectivity index (χ1) is 5.77. The number of thioether (sulfide) groups is 1. The third-order valence-electron chi connectivity index (χ3n) is 2.06. The number of benzene rings is 1. The molecule has 64 valence electrons. The second-order valence-corrected chi connectivity index (χ2v) is 4.98. The van der Waals surface area contributed by atoms with Crippen LogP contribution in [0.15, 0.2) is 27.6 Å². The molecular weight excluding hydrogens is 234 g/mol. The van der Waals surface area contributed by atoms with Gasteiger partial charge in [-0.05, 0) is 35.9 Å². The highest BCUT2D eigenvalue weighted by molar-refractivity contribution is 9.10. The van der Waals surface area contributed by atoms with Crippen molar-refractivity contribution in [2.75, 3.05) is 5.75 Å². The van der Waals surface area contributed by atoms with E-state index in [4.69, 9.17) is 5.73 Å². The van der Waals surface area contributed by atoms with Crippen LogP contribution in [0.3, 0.4) is 0 Å². The SMILES string of the molecule is NC1CCSc2ccc(Br)cc21. The summed E-state index contributed by atoms with van der Waals surface area (Å²) in [5.74, 6) is 1.15. The van der Waals surface area contributed by atoms with E-state index in [1.165, 1.54) is 10.5 Å². The van der Waals surface area contributed by atoms with E-state index in [-0.39, 0.29) is 6.04 Å². The Morgan fingerprint density at radius 2 is 2.33 bits per heavy atom. The first kappa shape index (κ1) is 8.60. The Morgan fingerprint density at radius 3 is 3.17 bits per heavy atom. The number of hydrogen-bond donors (Lipinski definition) is 1. The Kier molecular flexibility index (Phi) is 2.44. The molecule has 1 heterocycles. The molecule has 2 rings (SSSR count). The highest BCUT2D eigenvalue weighted by Crippen LogP contribution is 2.36. The van der Waals surface area contributed by atoms with Gasteiger partial charge in [-0.15, -0.1) is 11.8 Å². The molecule has 0 saturated carbocycles. The van der Waals surface area contributed by atoms with E-state index in [1.54, 1.807) is 0 Å². The fourth-order valence-corrected chi connectivity index (χ4v) is 2.90. The van der Waals surface area contributed by atoms with Gasteiger partial charge >= 0.3 is 0 Å². The summed E-state index contributed by atoms with van der Waals surface area (Å²) in [6, 6.07) is 6.58. The van der Waals surface area contributed by atoms with Gasteiger partial charge in [-0.1, -0.05) is 15.9 Å². The van der Waals surface area contributed by atoms with Crippen LogP contribution in [0.4, 0.5) is 0 Å². The van der Waals surface area contributed by atoms with Crippen molar-refractivity contribution in [1.29, 1.82) is 0 Å². The number of hydrogen-bond acceptors (Lipinski definition) is 2. The molecule has 1 atom stereocenters. The summed E-state index contributed by atoms with van der Waals surface area (Å²) < 4.78 is 1.12. The molecule has 1 nitrogen and oxygen atoms in total. The summed E-state index contributed by atoms with van der Waals surface area (Å²) in [5, 5.41) is 0. The summed E-state index contributed by atoms with van der Waals surface area (Å²) in [6.45, 7) is 0. The Labute approximate surface area is 84.9 Å². The Morgan fingerprint density at radius 1 is 1.50 bits per heavy atom. The van der Waals surface area contributed by atoms with Crippen molar-refractivity contribution < 1.29 is 0 Å². The number of fused-ring (bicyclic) bond motifs is 1. The minimum Gasteiger partial charge on any atom is -0.324 e. The van der Waals surface area contributed by atoms with Gasteiger partial charge in [0.2, 0.25) is 0 Å². The van der Waals surface area contributed by atoms with Crippen LogP contribution in [0.1, 0.15) is 18.0 Å². The van der Waals surface area contributed by atoms with Crippen molar-refractivity contribution >= 4 is 27.7 Å². The van der Waals surface area contributed by atoms with Crippen LogP contribution in [0.2, 0.25) is 0 Å². The van der Waals surface area contributed by atoms with E-state index in [9.17, 15) is 0 Å². The fourth-order valence-electron chi connectivity index (χ4n) is 1.39. The van der Waals surface area contributed by atoms with Gasteiger partial charge < -0.3 is 5.73 Å². The van der Waals surface area contributed by atoms with Crippen LogP contribution < -0.4 is 5.73 Å². The van der Waals surface area contributed by atoms with Gasteiger partial charge in [-0.2, -0.15) is 0 Å². The minimum atomic E-state index is 0.235. The number of halogens is 1. The third kappa shape index (κ3) is 1.53. The van der Waals surface area contributed by atoms with E-state index < -0.39 is 0 Å². The zero-order valence-electron chi connectivity index (χ0n) is 6.59. The maximum atomic E-state index is 5.98. The summed E-state index contributed by atoms with van der Waals surface area (Å²) >= 11 is 5.35. The Hall–Kier alpha value is 0.01000. The van der Waals surface area contributed by atoms with Gasteiger partial charge in [0.25, 0.3) is 0 Å². The van der Waals surface area contributed by atoms with Gasteiger partial charge in [0.15, 0.2) is 0 Å². The molecule has 0 bridgehead atoms. The highest BCUT2D eigenvalue weighted by Gasteiger charge is 2.16. The van der Waals surface area contributed by atoms with Crippen LogP contribution in [-0.2, 0) is 0 Å². The topological polar surface area (TPSA) is 26.0 Å². The molecule has 0 fully saturated rings. The predicted molar refractivity (Wildman–Crippen MR) is 56.4 cm³/mol. The molecule has 0 aromatic heterocycles. The lowest BCUT2D eigenvalue weighted by molar-refractivity contribution is 0.680. The molecule has 12 heavy (non-hydrogen) atoms. The lowest BCUT2D eigenvalue weighted by atomic mass is 10.1. The Bertz CT molecular complexity index is 301. The number of rotatable bonds is 0. The lowest BCUT2D eigenvalue weighted by Crippen LogP contribution is -2.15. The molecule has 0 aliphatic carbocycles. The van der Waals surface area contributed by atoms with Crippen LogP contribution in [0.5, 0.6) is 0 Å². The van der Waals surface area contributed by atoms with E-state index in [0.29, 0.717) is 0 Å². The van der Waals surface area contributed by atoms with Gasteiger partial charge in [-0.3, -0.25) is 0 Å². The molecule has 0 spiro atoms. The molecule has 0 saturated heterocycles. The van der Waals surface area contributed by atoms with E-state index in [0.717, 1.165) is 16.6 Å². The van der Waals surface area contributed by atoms with Gasteiger partial charge in [-0.25, -0.2) is 0 Å². The molecule has 1 aromatic rings. The van der Waals surface area contributed by atoms with E-state index >= 15 is 0 Å². The summed E-state index contributed by atoms with van der Waals surface area (Å²) in [5.41, 5.74) is 7.27. The average Bonchev–Trinajstić information content (AvgIpc) is 2.07. The van der Waals surface area contributed by atoms with Crippen molar-refractivity contribution in [3.8, 4) is 0 Å². The Balaban J connectivity index is 2.47. The maximum absolute atomic E-state index is 5.98. The smallest absolute Gasteiger partial charge is 0.0314 e. The van der Waals surface area contributed by atoms with E-state index in [2.05, 4.69) is 34.1 Å². The third-order valence-corrected chi connectivity index (χ3v) is 3.67. The van der Waals surface area contributed by atoms with Crippen LogP contribution in [0, 0.1) is 0 Å². The molecule has 3 heteroatoms. The zero-order valence-corrected chi connectivity index (χ0v) is 8.99. The molecule has 1 aliphatic rings. The molecule has 1 aliphatic heterocycles. The monoisotopic (exact) mass is 243 g/mol. The first-order valence-electron chi connectivity index (χ1n) is 3.95. The molecule has 1 unspecified atom stereocenters. The van der Waals surface area contributed by atoms with Gasteiger partial charge in [0.1, 0.15) is 0 Å². The molecular formula is C9H10BrNS. The molecule has 0 radical (unpaired) electrons. The number of nitrogens with two attached hydrogens (primary N) is 1. The molecule has 2 N–H and O–H groups in total. The predicted octanol–water partition coefficient (Wildman–Crippen LogP) is 2.94. The maximum Gasteiger partial charge on any atom is 0.0314 e. The fraction of sp³-hybridized carbons (Fsp3) is 0.333. The second kappa shape index (κ2) is 3.40. The van der Waals surface area contributed by atoms with Crippen molar-refractivity contribution in [2.24, 2.45) is 5.73 Å². The summed E-state index contributed by atoms with van der Waals surface area (Å²) in [7, 11) is 0. The first-order valence-corrected chi connectivity index (χ1v) is 5.73. The average molecular weight is 244 g/mol. The van der Waals surface area contributed by atoms with Crippen LogP contribution >= 0.6 is 27.7 Å². The van der Waals surface area contributed by atoms with Gasteiger partial charge in [0.05, 0.1) is 0 Å². The summed E-state index contributed by atoms with van der Waals surface area (Å²) in [4.78, 5) is 1.34. The second-order valence-electron chi connectivity index (χ2n) is 2.93. The highest BCUT2D eigenvalue weighted by atomic mass is 79.9. The molecule has 0 amide bonds.